The molecule has 0 aliphatic heterocycles. The molecule has 0 spiro atoms. The summed E-state index contributed by atoms with van der Waals surface area (Å²) in [4.78, 5) is 27.2. The van der Waals surface area contributed by atoms with E-state index in [1.54, 1.807) is 5.32 Å². The molecular formula is C14H20F3N3O2S. The number of nitrogens with zero attached hydrogens (tertiary/aromatic N) is 1. The van der Waals surface area contributed by atoms with Crippen LogP contribution in [-0.2, 0) is 16.0 Å². The van der Waals surface area contributed by atoms with Gasteiger partial charge in [0.2, 0.25) is 5.91 Å². The summed E-state index contributed by atoms with van der Waals surface area (Å²) in [5.74, 6) is -2.51. The van der Waals surface area contributed by atoms with Gasteiger partial charge in [-0.25, -0.2) is 4.98 Å². The zero-order valence-electron chi connectivity index (χ0n) is 13.4. The van der Waals surface area contributed by atoms with Crippen molar-refractivity contribution in [1.29, 1.82) is 0 Å². The maximum absolute atomic E-state index is 12.2. The van der Waals surface area contributed by atoms with Crippen molar-refractivity contribution in [2.45, 2.75) is 51.7 Å². The number of hydrogen-bond acceptors (Lipinski definition) is 4. The lowest BCUT2D eigenvalue weighted by Crippen LogP contribution is -2.57. The van der Waals surface area contributed by atoms with Crippen molar-refractivity contribution in [3.63, 3.8) is 0 Å². The van der Waals surface area contributed by atoms with E-state index in [9.17, 15) is 22.8 Å². The van der Waals surface area contributed by atoms with Crippen molar-refractivity contribution < 1.29 is 22.8 Å². The summed E-state index contributed by atoms with van der Waals surface area (Å²) in [6.07, 6.45) is -4.55. The summed E-state index contributed by atoms with van der Waals surface area (Å²) < 4.78 is 36.7. The maximum atomic E-state index is 12.2. The average molecular weight is 351 g/mol. The van der Waals surface area contributed by atoms with Gasteiger partial charge in [-0.15, -0.1) is 11.3 Å². The quantitative estimate of drug-likeness (QED) is 0.827. The fourth-order valence-electron chi connectivity index (χ4n) is 1.64. The molecule has 0 unspecified atom stereocenters. The molecule has 1 rings (SSSR count). The van der Waals surface area contributed by atoms with Crippen molar-refractivity contribution in [3.05, 3.63) is 16.1 Å². The number of rotatable bonds is 6. The molecule has 5 nitrogen and oxygen atoms in total. The molecule has 1 aromatic rings. The van der Waals surface area contributed by atoms with Crippen LogP contribution in [0.15, 0.2) is 5.38 Å². The standard InChI is InChI=1S/C14H20F3N3O2S/c1-8(2)10-19-9(7-23-10)5-6-18-11(21)13(3,4)20-12(22)14(15,16)17/h7-8H,5-6H2,1-4H3,(H,18,21)(H,20,22). The number of aromatic nitrogens is 1. The Balaban J connectivity index is 2.50. The molecule has 0 aliphatic carbocycles. The molecular weight excluding hydrogens is 331 g/mol. The van der Waals surface area contributed by atoms with Gasteiger partial charge in [0.15, 0.2) is 0 Å². The van der Waals surface area contributed by atoms with Crippen LogP contribution in [0.25, 0.3) is 0 Å². The summed E-state index contributed by atoms with van der Waals surface area (Å²) >= 11 is 1.53. The molecule has 0 fully saturated rings. The fourth-order valence-corrected chi connectivity index (χ4v) is 2.51. The van der Waals surface area contributed by atoms with Gasteiger partial charge in [0, 0.05) is 24.3 Å². The summed E-state index contributed by atoms with van der Waals surface area (Å²) in [7, 11) is 0. The minimum atomic E-state index is -5.02. The van der Waals surface area contributed by atoms with E-state index in [-0.39, 0.29) is 6.54 Å². The average Bonchev–Trinajstić information content (AvgIpc) is 2.85. The van der Waals surface area contributed by atoms with E-state index in [2.05, 4.69) is 10.3 Å². The molecule has 2 amide bonds. The smallest absolute Gasteiger partial charge is 0.354 e. The van der Waals surface area contributed by atoms with Crippen LogP contribution in [0.2, 0.25) is 0 Å². The van der Waals surface area contributed by atoms with Crippen LogP contribution in [-0.4, -0.2) is 35.1 Å². The summed E-state index contributed by atoms with van der Waals surface area (Å²) in [5, 5.41) is 7.06. The van der Waals surface area contributed by atoms with Gasteiger partial charge in [-0.1, -0.05) is 13.8 Å². The second-order valence-corrected chi connectivity index (χ2v) is 6.80. The van der Waals surface area contributed by atoms with Gasteiger partial charge in [-0.3, -0.25) is 9.59 Å². The predicted molar refractivity (Wildman–Crippen MR) is 81.2 cm³/mol. The molecule has 1 heterocycles. The first-order chi connectivity index (χ1) is 10.4. The normalized spacial score (nSPS) is 12.3. The van der Waals surface area contributed by atoms with Crippen LogP contribution in [0.3, 0.4) is 0 Å². The van der Waals surface area contributed by atoms with Gasteiger partial charge < -0.3 is 10.6 Å². The Labute approximate surface area is 136 Å². The Morgan fingerprint density at radius 1 is 1.26 bits per heavy atom. The lowest BCUT2D eigenvalue weighted by molar-refractivity contribution is -0.176. The number of nitrogens with one attached hydrogen (secondary N) is 2. The van der Waals surface area contributed by atoms with E-state index in [4.69, 9.17) is 0 Å². The number of thiazole rings is 1. The first kappa shape index (κ1) is 19.4. The molecule has 9 heteroatoms. The molecule has 23 heavy (non-hydrogen) atoms. The van der Waals surface area contributed by atoms with Crippen molar-refractivity contribution in [2.75, 3.05) is 6.54 Å². The van der Waals surface area contributed by atoms with Gasteiger partial charge in [0.05, 0.1) is 10.7 Å². The van der Waals surface area contributed by atoms with Crippen LogP contribution >= 0.6 is 11.3 Å². The van der Waals surface area contributed by atoms with E-state index in [1.165, 1.54) is 25.2 Å². The third-order valence-corrected chi connectivity index (χ3v) is 4.18. The molecule has 0 saturated heterocycles. The van der Waals surface area contributed by atoms with Crippen LogP contribution in [0.1, 0.15) is 44.3 Å². The minimum absolute atomic E-state index is 0.228. The van der Waals surface area contributed by atoms with E-state index in [0.29, 0.717) is 12.3 Å². The van der Waals surface area contributed by atoms with Crippen molar-refractivity contribution in [3.8, 4) is 0 Å². The zero-order valence-corrected chi connectivity index (χ0v) is 14.2. The number of hydrogen-bond donors (Lipinski definition) is 2. The molecule has 0 bridgehead atoms. The van der Waals surface area contributed by atoms with Crippen molar-refractivity contribution in [2.24, 2.45) is 0 Å². The first-order valence-corrected chi connectivity index (χ1v) is 7.93. The fraction of sp³-hybridized carbons (Fsp3) is 0.643. The number of carbonyl (C=O) groups is 2. The highest BCUT2D eigenvalue weighted by atomic mass is 32.1. The Kier molecular flexibility index (Phi) is 6.15. The number of alkyl halides is 3. The molecule has 0 atom stereocenters. The summed E-state index contributed by atoms with van der Waals surface area (Å²) in [5.41, 5.74) is -0.839. The minimum Gasteiger partial charge on any atom is -0.354 e. The van der Waals surface area contributed by atoms with E-state index in [1.807, 2.05) is 19.2 Å². The van der Waals surface area contributed by atoms with E-state index < -0.39 is 23.5 Å². The predicted octanol–water partition coefficient (Wildman–Crippen LogP) is 2.38. The lowest BCUT2D eigenvalue weighted by atomic mass is 10.0. The van der Waals surface area contributed by atoms with Gasteiger partial charge in [-0.05, 0) is 13.8 Å². The molecule has 0 saturated carbocycles. The van der Waals surface area contributed by atoms with Crippen molar-refractivity contribution >= 4 is 23.2 Å². The second kappa shape index (κ2) is 7.29. The molecule has 0 aromatic carbocycles. The van der Waals surface area contributed by atoms with E-state index >= 15 is 0 Å². The highest BCUT2D eigenvalue weighted by molar-refractivity contribution is 7.09. The molecule has 2 N–H and O–H groups in total. The van der Waals surface area contributed by atoms with Gasteiger partial charge in [-0.2, -0.15) is 13.2 Å². The van der Waals surface area contributed by atoms with Crippen LogP contribution < -0.4 is 10.6 Å². The second-order valence-electron chi connectivity index (χ2n) is 5.91. The molecule has 130 valence electrons. The van der Waals surface area contributed by atoms with Crippen LogP contribution in [0.5, 0.6) is 0 Å². The van der Waals surface area contributed by atoms with Gasteiger partial charge >= 0.3 is 12.1 Å². The Bertz CT molecular complexity index is 568. The summed E-state index contributed by atoms with van der Waals surface area (Å²) in [6.45, 7) is 6.70. The summed E-state index contributed by atoms with van der Waals surface area (Å²) in [6, 6.07) is 0. The van der Waals surface area contributed by atoms with Gasteiger partial charge in [0.25, 0.3) is 0 Å². The third kappa shape index (κ3) is 5.81. The Morgan fingerprint density at radius 2 is 1.87 bits per heavy atom. The molecule has 1 aromatic heterocycles. The SMILES string of the molecule is CC(C)c1nc(CCNC(=O)C(C)(C)NC(=O)C(F)(F)F)cs1. The zero-order chi connectivity index (χ0) is 17.8. The van der Waals surface area contributed by atoms with Crippen LogP contribution in [0, 0.1) is 0 Å². The van der Waals surface area contributed by atoms with Crippen LogP contribution in [0.4, 0.5) is 13.2 Å². The lowest BCUT2D eigenvalue weighted by Gasteiger charge is -2.25. The Morgan fingerprint density at radius 3 is 2.35 bits per heavy atom. The van der Waals surface area contributed by atoms with E-state index in [0.717, 1.165) is 10.7 Å². The van der Waals surface area contributed by atoms with Gasteiger partial charge in [0.1, 0.15) is 5.54 Å². The number of halogens is 3. The van der Waals surface area contributed by atoms with Crippen molar-refractivity contribution in [1.82, 2.24) is 15.6 Å². The first-order valence-electron chi connectivity index (χ1n) is 7.05. The largest absolute Gasteiger partial charge is 0.471 e. The maximum Gasteiger partial charge on any atom is 0.471 e. The molecule has 0 radical (unpaired) electrons. The topological polar surface area (TPSA) is 71.1 Å². The monoisotopic (exact) mass is 351 g/mol. The number of carbonyl (C=O) groups excluding carboxylic acids is 2. The molecule has 0 aliphatic rings. The third-order valence-electron chi connectivity index (χ3n) is 2.98. The Hall–Kier alpha value is -1.64. The number of amides is 2. The highest BCUT2D eigenvalue weighted by Crippen LogP contribution is 2.19. The highest BCUT2D eigenvalue weighted by Gasteiger charge is 2.43.